The van der Waals surface area contributed by atoms with Gasteiger partial charge in [0.1, 0.15) is 0 Å². The van der Waals surface area contributed by atoms with Crippen molar-refractivity contribution in [1.82, 2.24) is 15.3 Å². The normalized spacial score (nSPS) is 17.2. The molecule has 3 nitrogen and oxygen atoms in total. The van der Waals surface area contributed by atoms with Crippen LogP contribution in [-0.4, -0.2) is 16.5 Å². The molecule has 2 aromatic carbocycles. The molecule has 4 aromatic rings. The van der Waals surface area contributed by atoms with E-state index in [0.717, 1.165) is 13.0 Å². The van der Waals surface area contributed by atoms with Gasteiger partial charge >= 0.3 is 0 Å². The third-order valence-corrected chi connectivity index (χ3v) is 5.54. The molecule has 0 spiro atoms. The molecule has 25 heavy (non-hydrogen) atoms. The lowest BCUT2D eigenvalue weighted by Gasteiger charge is -2.24. The molecule has 0 saturated carbocycles. The van der Waals surface area contributed by atoms with Gasteiger partial charge in [-0.25, -0.2) is 0 Å². The summed E-state index contributed by atoms with van der Waals surface area (Å²) in [7, 11) is 0. The Morgan fingerprint density at radius 3 is 3.00 bits per heavy atom. The molecule has 3 heteroatoms. The van der Waals surface area contributed by atoms with E-state index >= 15 is 0 Å². The van der Waals surface area contributed by atoms with Crippen LogP contribution in [0.25, 0.3) is 21.8 Å². The standard InChI is InChI=1S/C22H23N3/c1-2-6-19-17(4-1)18-5-3-7-20(22(18)25-19)23-12-10-15-8-9-16-11-13-24-21(16)14-15/h1-2,4,6,8-9,11,13-14,20,23-25H,3,5,7,10,12H2. The number of benzene rings is 2. The van der Waals surface area contributed by atoms with E-state index in [0.29, 0.717) is 6.04 Å². The second-order valence-corrected chi connectivity index (χ2v) is 7.11. The van der Waals surface area contributed by atoms with Crippen LogP contribution in [-0.2, 0) is 12.8 Å². The molecule has 126 valence electrons. The van der Waals surface area contributed by atoms with E-state index in [9.17, 15) is 0 Å². The first-order valence-corrected chi connectivity index (χ1v) is 9.27. The van der Waals surface area contributed by atoms with Crippen molar-refractivity contribution < 1.29 is 0 Å². The third-order valence-electron chi connectivity index (χ3n) is 5.54. The summed E-state index contributed by atoms with van der Waals surface area (Å²) < 4.78 is 0. The number of aromatic nitrogens is 2. The molecule has 2 aromatic heterocycles. The van der Waals surface area contributed by atoms with Crippen molar-refractivity contribution in [3.05, 3.63) is 71.5 Å². The summed E-state index contributed by atoms with van der Waals surface area (Å²) >= 11 is 0. The molecule has 2 heterocycles. The summed E-state index contributed by atoms with van der Waals surface area (Å²) in [4.78, 5) is 6.97. The number of hydrogen-bond acceptors (Lipinski definition) is 1. The number of nitrogens with one attached hydrogen (secondary N) is 3. The van der Waals surface area contributed by atoms with Gasteiger partial charge in [0.15, 0.2) is 0 Å². The van der Waals surface area contributed by atoms with Crippen LogP contribution in [0.2, 0.25) is 0 Å². The largest absolute Gasteiger partial charge is 0.361 e. The predicted molar refractivity (Wildman–Crippen MR) is 104 cm³/mol. The van der Waals surface area contributed by atoms with E-state index in [2.05, 4.69) is 63.8 Å². The summed E-state index contributed by atoms with van der Waals surface area (Å²) in [5.74, 6) is 0. The minimum atomic E-state index is 0.449. The van der Waals surface area contributed by atoms with Gasteiger partial charge in [0.25, 0.3) is 0 Å². The van der Waals surface area contributed by atoms with Crippen LogP contribution in [0.1, 0.15) is 35.7 Å². The highest BCUT2D eigenvalue weighted by Crippen LogP contribution is 2.34. The van der Waals surface area contributed by atoms with Crippen molar-refractivity contribution in [1.29, 1.82) is 0 Å². The summed E-state index contributed by atoms with van der Waals surface area (Å²) in [6.45, 7) is 1.01. The molecule has 0 amide bonds. The van der Waals surface area contributed by atoms with E-state index in [-0.39, 0.29) is 0 Å². The molecular formula is C22H23N3. The molecule has 1 aliphatic rings. The van der Waals surface area contributed by atoms with Crippen molar-refractivity contribution >= 4 is 21.8 Å². The quantitative estimate of drug-likeness (QED) is 0.492. The lowest BCUT2D eigenvalue weighted by Crippen LogP contribution is -2.27. The molecule has 0 bridgehead atoms. The minimum Gasteiger partial charge on any atom is -0.361 e. The Morgan fingerprint density at radius 2 is 2.00 bits per heavy atom. The first-order chi connectivity index (χ1) is 12.4. The van der Waals surface area contributed by atoms with E-state index in [1.807, 2.05) is 6.20 Å². The number of aromatic amines is 2. The number of para-hydroxylation sites is 1. The van der Waals surface area contributed by atoms with Crippen LogP contribution in [0, 0.1) is 0 Å². The molecule has 0 saturated heterocycles. The number of aryl methyl sites for hydroxylation is 1. The third kappa shape index (κ3) is 2.65. The summed E-state index contributed by atoms with van der Waals surface area (Å²) in [5.41, 5.74) is 6.82. The first kappa shape index (κ1) is 14.8. The average molecular weight is 329 g/mol. The Kier molecular flexibility index (Phi) is 3.60. The number of rotatable bonds is 4. The maximum Gasteiger partial charge on any atom is 0.0476 e. The molecule has 1 aliphatic carbocycles. The van der Waals surface area contributed by atoms with Crippen LogP contribution in [0.15, 0.2) is 54.7 Å². The fraction of sp³-hybridized carbons (Fsp3) is 0.273. The second-order valence-electron chi connectivity index (χ2n) is 7.11. The van der Waals surface area contributed by atoms with E-state index < -0.39 is 0 Å². The van der Waals surface area contributed by atoms with Crippen LogP contribution in [0.5, 0.6) is 0 Å². The molecule has 3 N–H and O–H groups in total. The lowest BCUT2D eigenvalue weighted by atomic mass is 9.91. The smallest absolute Gasteiger partial charge is 0.0476 e. The number of H-pyrrole nitrogens is 2. The zero-order valence-corrected chi connectivity index (χ0v) is 14.3. The van der Waals surface area contributed by atoms with Gasteiger partial charge in [-0.1, -0.05) is 30.3 Å². The molecule has 0 aliphatic heterocycles. The zero-order valence-electron chi connectivity index (χ0n) is 14.3. The van der Waals surface area contributed by atoms with Gasteiger partial charge in [0.05, 0.1) is 0 Å². The maximum atomic E-state index is 3.79. The maximum absolute atomic E-state index is 3.79. The van der Waals surface area contributed by atoms with Crippen molar-refractivity contribution in [3.63, 3.8) is 0 Å². The SMILES string of the molecule is c1ccc2c3c([nH]c2c1)C(NCCc1ccc2cc[nH]c2c1)CCC3. The van der Waals surface area contributed by atoms with E-state index in [4.69, 9.17) is 0 Å². The molecule has 0 radical (unpaired) electrons. The van der Waals surface area contributed by atoms with Crippen LogP contribution in [0.3, 0.4) is 0 Å². The van der Waals surface area contributed by atoms with Gasteiger partial charge in [-0.3, -0.25) is 0 Å². The van der Waals surface area contributed by atoms with Gasteiger partial charge in [-0.05, 0) is 66.9 Å². The Bertz CT molecular complexity index is 1020. The fourth-order valence-electron chi connectivity index (χ4n) is 4.26. The highest BCUT2D eigenvalue weighted by atomic mass is 14.9. The topological polar surface area (TPSA) is 43.6 Å². The Balaban J connectivity index is 1.32. The van der Waals surface area contributed by atoms with Crippen LogP contribution < -0.4 is 5.32 Å². The van der Waals surface area contributed by atoms with E-state index in [1.54, 1.807) is 0 Å². The van der Waals surface area contributed by atoms with E-state index in [1.165, 1.54) is 57.9 Å². The van der Waals surface area contributed by atoms with Gasteiger partial charge in [-0.2, -0.15) is 0 Å². The van der Waals surface area contributed by atoms with Gasteiger partial charge < -0.3 is 15.3 Å². The van der Waals surface area contributed by atoms with Crippen LogP contribution in [0.4, 0.5) is 0 Å². The van der Waals surface area contributed by atoms with Gasteiger partial charge in [0.2, 0.25) is 0 Å². The molecule has 1 unspecified atom stereocenters. The van der Waals surface area contributed by atoms with Crippen molar-refractivity contribution in [2.24, 2.45) is 0 Å². The average Bonchev–Trinajstić information content (AvgIpc) is 3.26. The van der Waals surface area contributed by atoms with Crippen molar-refractivity contribution in [2.45, 2.75) is 31.7 Å². The summed E-state index contributed by atoms with van der Waals surface area (Å²) in [6, 6.07) is 18.0. The minimum absolute atomic E-state index is 0.449. The van der Waals surface area contributed by atoms with Crippen molar-refractivity contribution in [3.8, 4) is 0 Å². The summed E-state index contributed by atoms with van der Waals surface area (Å²) in [6.07, 6.45) is 6.74. The first-order valence-electron chi connectivity index (χ1n) is 9.27. The Morgan fingerprint density at radius 1 is 1.04 bits per heavy atom. The molecule has 5 rings (SSSR count). The highest BCUT2D eigenvalue weighted by molar-refractivity contribution is 5.85. The fourth-order valence-corrected chi connectivity index (χ4v) is 4.26. The number of fused-ring (bicyclic) bond motifs is 4. The number of hydrogen-bond donors (Lipinski definition) is 3. The predicted octanol–water partition coefficient (Wildman–Crippen LogP) is 4.86. The zero-order chi connectivity index (χ0) is 16.6. The van der Waals surface area contributed by atoms with Crippen molar-refractivity contribution in [2.75, 3.05) is 6.54 Å². The summed E-state index contributed by atoms with van der Waals surface area (Å²) in [5, 5.41) is 6.48. The monoisotopic (exact) mass is 329 g/mol. The second kappa shape index (κ2) is 6.08. The van der Waals surface area contributed by atoms with Gasteiger partial charge in [-0.15, -0.1) is 0 Å². The molecular weight excluding hydrogens is 306 g/mol. The highest BCUT2D eigenvalue weighted by Gasteiger charge is 2.23. The van der Waals surface area contributed by atoms with Crippen LogP contribution >= 0.6 is 0 Å². The Hall–Kier alpha value is -2.52. The Labute approximate surface area is 147 Å². The molecule has 0 fully saturated rings. The van der Waals surface area contributed by atoms with Gasteiger partial charge in [0, 0.05) is 34.4 Å². The lowest BCUT2D eigenvalue weighted by molar-refractivity contribution is 0.456. The molecule has 1 atom stereocenters.